The minimum Gasteiger partial charge on any atom is -0.490 e. The third kappa shape index (κ3) is 6.79. The van der Waals surface area contributed by atoms with E-state index in [2.05, 4.69) is 20.8 Å². The van der Waals surface area contributed by atoms with Gasteiger partial charge < -0.3 is 14.7 Å². The Morgan fingerprint density at radius 2 is 1.81 bits per heavy atom. The number of benzene rings is 1. The third-order valence-electron chi connectivity index (χ3n) is 4.32. The Hall–Kier alpha value is -1.88. The summed E-state index contributed by atoms with van der Waals surface area (Å²) in [5.74, 6) is 0.135. The number of hydrogen-bond acceptors (Lipinski definition) is 4. The number of amides is 1. The summed E-state index contributed by atoms with van der Waals surface area (Å²) in [4.78, 5) is 26.2. The molecule has 0 saturated carbocycles. The SMILES string of the molecule is CCN(CC)C(=O)c1ccc(OCC(O)CCC(C)(C)C)c(C(C)=O)c1. The maximum Gasteiger partial charge on any atom is 0.253 e. The number of aliphatic hydroxyl groups is 1. The highest BCUT2D eigenvalue weighted by Crippen LogP contribution is 2.24. The molecule has 1 aromatic carbocycles. The van der Waals surface area contributed by atoms with Gasteiger partial charge in [0, 0.05) is 18.7 Å². The number of carbonyl (C=O) groups excluding carboxylic acids is 2. The molecule has 1 aromatic rings. The van der Waals surface area contributed by atoms with E-state index >= 15 is 0 Å². The van der Waals surface area contributed by atoms with Crippen molar-refractivity contribution in [3.05, 3.63) is 29.3 Å². The fraction of sp³-hybridized carbons (Fsp3) is 0.619. The van der Waals surface area contributed by atoms with Gasteiger partial charge in [0.05, 0.1) is 11.7 Å². The summed E-state index contributed by atoms with van der Waals surface area (Å²) in [5.41, 5.74) is 0.989. The Balaban J connectivity index is 2.86. The van der Waals surface area contributed by atoms with Gasteiger partial charge >= 0.3 is 0 Å². The number of hydrogen-bond donors (Lipinski definition) is 1. The summed E-state index contributed by atoms with van der Waals surface area (Å²) >= 11 is 0. The van der Waals surface area contributed by atoms with Crippen LogP contribution in [0.4, 0.5) is 0 Å². The Labute approximate surface area is 157 Å². The molecule has 0 bridgehead atoms. The van der Waals surface area contributed by atoms with E-state index in [0.29, 0.717) is 36.4 Å². The van der Waals surface area contributed by atoms with Crippen molar-refractivity contribution in [2.24, 2.45) is 5.41 Å². The summed E-state index contributed by atoms with van der Waals surface area (Å²) in [5, 5.41) is 10.1. The molecule has 0 aliphatic rings. The zero-order valence-corrected chi connectivity index (χ0v) is 17.0. The molecule has 0 spiro atoms. The van der Waals surface area contributed by atoms with Gasteiger partial charge in [-0.05, 0) is 57.2 Å². The van der Waals surface area contributed by atoms with Gasteiger partial charge in [0.2, 0.25) is 0 Å². The smallest absolute Gasteiger partial charge is 0.253 e. The van der Waals surface area contributed by atoms with E-state index in [9.17, 15) is 14.7 Å². The topological polar surface area (TPSA) is 66.8 Å². The zero-order chi connectivity index (χ0) is 19.9. The molecule has 5 nitrogen and oxygen atoms in total. The minimum atomic E-state index is -0.592. The first-order valence-corrected chi connectivity index (χ1v) is 9.34. The fourth-order valence-corrected chi connectivity index (χ4v) is 2.63. The number of aliphatic hydroxyl groups excluding tert-OH is 1. The zero-order valence-electron chi connectivity index (χ0n) is 17.0. The van der Waals surface area contributed by atoms with Crippen LogP contribution >= 0.6 is 0 Å². The molecule has 0 saturated heterocycles. The van der Waals surface area contributed by atoms with Crippen molar-refractivity contribution in [3.8, 4) is 5.75 Å². The summed E-state index contributed by atoms with van der Waals surface area (Å²) < 4.78 is 5.68. The molecule has 1 rings (SSSR count). The fourth-order valence-electron chi connectivity index (χ4n) is 2.63. The monoisotopic (exact) mass is 363 g/mol. The molecular formula is C21H33NO4. The Morgan fingerprint density at radius 3 is 2.31 bits per heavy atom. The van der Waals surface area contributed by atoms with Crippen LogP contribution in [0.5, 0.6) is 5.75 Å². The molecular weight excluding hydrogens is 330 g/mol. The number of ketones is 1. The Bertz CT molecular complexity index is 615. The van der Waals surface area contributed by atoms with Gasteiger partial charge in [-0.15, -0.1) is 0 Å². The van der Waals surface area contributed by atoms with E-state index in [1.807, 2.05) is 13.8 Å². The highest BCUT2D eigenvalue weighted by Gasteiger charge is 2.18. The van der Waals surface area contributed by atoms with Crippen molar-refractivity contribution in [2.75, 3.05) is 19.7 Å². The number of carbonyl (C=O) groups is 2. The van der Waals surface area contributed by atoms with Crippen molar-refractivity contribution in [3.63, 3.8) is 0 Å². The molecule has 1 atom stereocenters. The summed E-state index contributed by atoms with van der Waals surface area (Å²) in [6.07, 6.45) is 0.928. The molecule has 0 aliphatic carbocycles. The van der Waals surface area contributed by atoms with E-state index in [-0.39, 0.29) is 23.7 Å². The van der Waals surface area contributed by atoms with E-state index in [1.165, 1.54) is 6.92 Å². The van der Waals surface area contributed by atoms with Crippen molar-refractivity contribution in [1.82, 2.24) is 4.90 Å². The van der Waals surface area contributed by atoms with Crippen LogP contribution in [0.3, 0.4) is 0 Å². The average Bonchev–Trinajstić information content (AvgIpc) is 2.58. The molecule has 1 N–H and O–H groups in total. The number of ether oxygens (including phenoxy) is 1. The average molecular weight is 363 g/mol. The van der Waals surface area contributed by atoms with Gasteiger partial charge in [-0.2, -0.15) is 0 Å². The molecule has 5 heteroatoms. The second-order valence-corrected chi connectivity index (χ2v) is 7.81. The van der Waals surface area contributed by atoms with Crippen LogP contribution < -0.4 is 4.74 Å². The van der Waals surface area contributed by atoms with Crippen LogP contribution in [-0.2, 0) is 0 Å². The van der Waals surface area contributed by atoms with E-state index in [1.54, 1.807) is 23.1 Å². The van der Waals surface area contributed by atoms with Gasteiger partial charge in [-0.25, -0.2) is 0 Å². The summed E-state index contributed by atoms with van der Waals surface area (Å²) in [6.45, 7) is 13.0. The van der Waals surface area contributed by atoms with Crippen LogP contribution in [0, 0.1) is 5.41 Å². The summed E-state index contributed by atoms with van der Waals surface area (Å²) in [6, 6.07) is 4.90. The molecule has 0 aromatic heterocycles. The van der Waals surface area contributed by atoms with Gasteiger partial charge in [0.15, 0.2) is 5.78 Å². The first kappa shape index (κ1) is 22.2. The normalized spacial score (nSPS) is 12.6. The highest BCUT2D eigenvalue weighted by atomic mass is 16.5. The highest BCUT2D eigenvalue weighted by molar-refractivity contribution is 6.01. The molecule has 146 valence electrons. The van der Waals surface area contributed by atoms with Crippen molar-refractivity contribution >= 4 is 11.7 Å². The lowest BCUT2D eigenvalue weighted by atomic mass is 9.89. The lowest BCUT2D eigenvalue weighted by Gasteiger charge is -2.21. The molecule has 1 amide bonds. The van der Waals surface area contributed by atoms with Crippen LogP contribution in [0.15, 0.2) is 18.2 Å². The molecule has 0 heterocycles. The van der Waals surface area contributed by atoms with Crippen LogP contribution in [0.2, 0.25) is 0 Å². The van der Waals surface area contributed by atoms with Gasteiger partial charge in [-0.1, -0.05) is 20.8 Å². The Kier molecular flexibility index (Phi) is 8.28. The quantitative estimate of drug-likeness (QED) is 0.675. The minimum absolute atomic E-state index is 0.103. The largest absolute Gasteiger partial charge is 0.490 e. The number of nitrogens with zero attached hydrogens (tertiary/aromatic N) is 1. The molecule has 1 unspecified atom stereocenters. The standard InChI is InChI=1S/C21H33NO4/c1-7-22(8-2)20(25)16-9-10-19(18(13-16)15(3)23)26-14-17(24)11-12-21(4,5)6/h9-10,13,17,24H,7-8,11-12,14H2,1-6H3. The van der Waals surface area contributed by atoms with Gasteiger partial charge in [0.1, 0.15) is 12.4 Å². The third-order valence-corrected chi connectivity index (χ3v) is 4.32. The Morgan fingerprint density at radius 1 is 1.19 bits per heavy atom. The van der Waals surface area contributed by atoms with Crippen LogP contribution in [-0.4, -0.2) is 47.5 Å². The number of Topliss-reactive ketones (excluding diaryl/α,β-unsaturated/α-hetero) is 1. The lowest BCUT2D eigenvalue weighted by molar-refractivity contribution is 0.0772. The predicted octanol–water partition coefficient (Wildman–Crippen LogP) is 3.94. The predicted molar refractivity (Wildman–Crippen MR) is 104 cm³/mol. The first-order valence-electron chi connectivity index (χ1n) is 9.34. The maximum atomic E-state index is 12.5. The van der Waals surface area contributed by atoms with Gasteiger partial charge in [0.25, 0.3) is 5.91 Å². The molecule has 0 aliphatic heterocycles. The first-order chi connectivity index (χ1) is 12.1. The van der Waals surface area contributed by atoms with Crippen LogP contribution in [0.25, 0.3) is 0 Å². The maximum absolute atomic E-state index is 12.5. The molecule has 26 heavy (non-hydrogen) atoms. The van der Waals surface area contributed by atoms with Crippen molar-refractivity contribution in [1.29, 1.82) is 0 Å². The summed E-state index contributed by atoms with van der Waals surface area (Å²) in [7, 11) is 0. The van der Waals surface area contributed by atoms with Crippen molar-refractivity contribution in [2.45, 2.75) is 60.5 Å². The van der Waals surface area contributed by atoms with E-state index in [0.717, 1.165) is 6.42 Å². The van der Waals surface area contributed by atoms with Gasteiger partial charge in [-0.3, -0.25) is 9.59 Å². The molecule has 0 radical (unpaired) electrons. The molecule has 0 fully saturated rings. The second-order valence-electron chi connectivity index (χ2n) is 7.81. The lowest BCUT2D eigenvalue weighted by Crippen LogP contribution is -2.30. The number of rotatable bonds is 9. The van der Waals surface area contributed by atoms with Crippen LogP contribution in [0.1, 0.15) is 75.1 Å². The van der Waals surface area contributed by atoms with E-state index < -0.39 is 6.10 Å². The second kappa shape index (κ2) is 9.72. The van der Waals surface area contributed by atoms with E-state index in [4.69, 9.17) is 4.74 Å². The van der Waals surface area contributed by atoms with Crippen molar-refractivity contribution < 1.29 is 19.4 Å².